The first-order chi connectivity index (χ1) is 13.4. The van der Waals surface area contributed by atoms with Gasteiger partial charge in [0.05, 0.1) is 11.6 Å². The number of Topliss-reactive ketones (excluding diaryl/α,β-unsaturated/α-hetero) is 1. The van der Waals surface area contributed by atoms with Gasteiger partial charge < -0.3 is 14.9 Å². The highest BCUT2D eigenvalue weighted by Crippen LogP contribution is 2.39. The van der Waals surface area contributed by atoms with Crippen molar-refractivity contribution >= 4 is 29.1 Å². The van der Waals surface area contributed by atoms with Gasteiger partial charge in [0.15, 0.2) is 0 Å². The number of halogens is 1. The van der Waals surface area contributed by atoms with E-state index in [4.69, 9.17) is 11.6 Å². The van der Waals surface area contributed by atoms with Gasteiger partial charge in [-0.15, -0.1) is 0 Å². The topological polar surface area (TPSA) is 73.7 Å². The minimum absolute atomic E-state index is 0.0865. The molecule has 0 saturated carbocycles. The van der Waals surface area contributed by atoms with Gasteiger partial charge in [0.2, 0.25) is 0 Å². The third kappa shape index (κ3) is 4.08. The smallest absolute Gasteiger partial charge is 0.295 e. The van der Waals surface area contributed by atoms with E-state index in [1.165, 1.54) is 4.90 Å². The Kier molecular flexibility index (Phi) is 6.11. The molecule has 0 unspecified atom stereocenters. The Morgan fingerprint density at radius 3 is 2.39 bits per heavy atom. The van der Waals surface area contributed by atoms with Gasteiger partial charge in [-0.2, -0.15) is 0 Å². The highest BCUT2D eigenvalue weighted by atomic mass is 35.5. The number of hydrogen-bond donors (Lipinski definition) is 1. The Balaban J connectivity index is 2.06. The Bertz CT molecular complexity index is 895. The number of nitrogens with zero attached hydrogens (tertiary/aromatic N) is 3. The van der Waals surface area contributed by atoms with E-state index in [1.807, 2.05) is 19.0 Å². The maximum Gasteiger partial charge on any atom is 0.295 e. The first-order valence-electron chi connectivity index (χ1n) is 8.99. The summed E-state index contributed by atoms with van der Waals surface area (Å²) < 4.78 is 0. The lowest BCUT2D eigenvalue weighted by atomic mass is 9.96. The number of aliphatic hydroxyl groups is 1. The third-order valence-electron chi connectivity index (χ3n) is 4.68. The van der Waals surface area contributed by atoms with Gasteiger partial charge in [-0.25, -0.2) is 0 Å². The van der Waals surface area contributed by atoms with Crippen LogP contribution in [0.15, 0.2) is 54.4 Å². The summed E-state index contributed by atoms with van der Waals surface area (Å²) in [6.45, 7) is 1.19. The number of hydrogen-bond acceptors (Lipinski definition) is 5. The molecule has 1 saturated heterocycles. The zero-order valence-electron chi connectivity index (χ0n) is 15.8. The summed E-state index contributed by atoms with van der Waals surface area (Å²) in [7, 11) is 3.91. The van der Waals surface area contributed by atoms with E-state index < -0.39 is 17.7 Å². The maximum absolute atomic E-state index is 12.8. The Morgan fingerprint density at radius 1 is 1.14 bits per heavy atom. The Hall–Kier alpha value is -2.70. The summed E-state index contributed by atoms with van der Waals surface area (Å²) in [5.74, 6) is -1.48. The molecule has 1 atom stereocenters. The van der Waals surface area contributed by atoms with Crippen LogP contribution in [0.5, 0.6) is 0 Å². The van der Waals surface area contributed by atoms with Crippen molar-refractivity contribution in [1.82, 2.24) is 14.8 Å². The van der Waals surface area contributed by atoms with Crippen LogP contribution < -0.4 is 0 Å². The molecule has 1 fully saturated rings. The summed E-state index contributed by atoms with van der Waals surface area (Å²) in [6, 6.07) is 9.37. The quantitative estimate of drug-likeness (QED) is 0.459. The van der Waals surface area contributed by atoms with Crippen molar-refractivity contribution in [3.8, 4) is 0 Å². The predicted molar refractivity (Wildman–Crippen MR) is 108 cm³/mol. The molecule has 1 amide bonds. The fraction of sp³-hybridized carbons (Fsp3) is 0.286. The van der Waals surface area contributed by atoms with Crippen LogP contribution in [0.1, 0.15) is 23.6 Å². The summed E-state index contributed by atoms with van der Waals surface area (Å²) in [5, 5.41) is 11.4. The molecule has 0 aliphatic carbocycles. The van der Waals surface area contributed by atoms with E-state index in [9.17, 15) is 14.7 Å². The Labute approximate surface area is 169 Å². The molecule has 2 heterocycles. The molecule has 6 nitrogen and oxygen atoms in total. The molecular weight excluding hydrogens is 378 g/mol. The van der Waals surface area contributed by atoms with Crippen molar-refractivity contribution in [2.24, 2.45) is 0 Å². The molecule has 7 heteroatoms. The van der Waals surface area contributed by atoms with Crippen LogP contribution in [0.2, 0.25) is 5.02 Å². The zero-order valence-corrected chi connectivity index (χ0v) is 16.6. The molecule has 0 bridgehead atoms. The number of pyridine rings is 1. The minimum Gasteiger partial charge on any atom is -0.507 e. The molecule has 28 heavy (non-hydrogen) atoms. The lowest BCUT2D eigenvalue weighted by Crippen LogP contribution is -2.32. The van der Waals surface area contributed by atoms with Crippen molar-refractivity contribution < 1.29 is 14.7 Å². The van der Waals surface area contributed by atoms with Gasteiger partial charge in [0, 0.05) is 29.5 Å². The third-order valence-corrected chi connectivity index (χ3v) is 4.94. The predicted octanol–water partition coefficient (Wildman–Crippen LogP) is 3.11. The van der Waals surface area contributed by atoms with E-state index in [2.05, 4.69) is 4.98 Å². The molecular formula is C21H22ClN3O3. The molecule has 1 aromatic heterocycles. The maximum atomic E-state index is 12.8. The fourth-order valence-electron chi connectivity index (χ4n) is 3.32. The van der Waals surface area contributed by atoms with Crippen LogP contribution in [0, 0.1) is 0 Å². The molecule has 1 aliphatic heterocycles. The second kappa shape index (κ2) is 8.54. The SMILES string of the molecule is CN(C)CCCN1C(=O)C(=O)C(=C(O)c2ccc(Cl)cc2)[C@@H]1c1ccncc1. The largest absolute Gasteiger partial charge is 0.507 e. The van der Waals surface area contributed by atoms with Crippen molar-refractivity contribution in [1.29, 1.82) is 0 Å². The number of amides is 1. The van der Waals surface area contributed by atoms with Crippen LogP contribution in [-0.4, -0.2) is 58.8 Å². The van der Waals surface area contributed by atoms with Crippen LogP contribution in [0.4, 0.5) is 0 Å². The van der Waals surface area contributed by atoms with Crippen LogP contribution in [-0.2, 0) is 9.59 Å². The van der Waals surface area contributed by atoms with E-state index >= 15 is 0 Å². The first-order valence-corrected chi connectivity index (χ1v) is 9.37. The number of carbonyl (C=O) groups is 2. The van der Waals surface area contributed by atoms with Gasteiger partial charge in [0.1, 0.15) is 5.76 Å². The van der Waals surface area contributed by atoms with Gasteiger partial charge in [-0.3, -0.25) is 14.6 Å². The van der Waals surface area contributed by atoms with Crippen molar-refractivity contribution in [2.75, 3.05) is 27.2 Å². The van der Waals surface area contributed by atoms with Gasteiger partial charge in [0.25, 0.3) is 11.7 Å². The van der Waals surface area contributed by atoms with Crippen LogP contribution >= 0.6 is 11.6 Å². The molecule has 1 N–H and O–H groups in total. The summed E-state index contributed by atoms with van der Waals surface area (Å²) in [5.41, 5.74) is 1.26. The highest BCUT2D eigenvalue weighted by molar-refractivity contribution is 6.46. The monoisotopic (exact) mass is 399 g/mol. The zero-order chi connectivity index (χ0) is 20.3. The summed E-state index contributed by atoms with van der Waals surface area (Å²) >= 11 is 5.92. The van der Waals surface area contributed by atoms with E-state index in [0.717, 1.165) is 12.1 Å². The average molecular weight is 400 g/mol. The van der Waals surface area contributed by atoms with Crippen molar-refractivity contribution in [3.63, 3.8) is 0 Å². The molecule has 146 valence electrons. The Morgan fingerprint density at radius 2 is 1.79 bits per heavy atom. The highest BCUT2D eigenvalue weighted by Gasteiger charge is 2.45. The van der Waals surface area contributed by atoms with E-state index in [-0.39, 0.29) is 11.3 Å². The molecule has 2 aromatic rings. The second-order valence-corrected chi connectivity index (χ2v) is 7.37. The molecule has 1 aliphatic rings. The van der Waals surface area contributed by atoms with Crippen LogP contribution in [0.25, 0.3) is 5.76 Å². The second-order valence-electron chi connectivity index (χ2n) is 6.94. The van der Waals surface area contributed by atoms with E-state index in [0.29, 0.717) is 23.6 Å². The summed E-state index contributed by atoms with van der Waals surface area (Å²) in [6.07, 6.45) is 3.93. The van der Waals surface area contributed by atoms with Gasteiger partial charge in [-0.05, 0) is 69.0 Å². The minimum atomic E-state index is -0.681. The number of rotatable bonds is 6. The molecule has 1 aromatic carbocycles. The summed E-state index contributed by atoms with van der Waals surface area (Å²) in [4.78, 5) is 33.1. The molecule has 3 rings (SSSR count). The first kappa shape index (κ1) is 20.0. The number of carbonyl (C=O) groups excluding carboxylic acids is 2. The lowest BCUT2D eigenvalue weighted by molar-refractivity contribution is -0.139. The van der Waals surface area contributed by atoms with E-state index in [1.54, 1.807) is 48.8 Å². The average Bonchev–Trinajstić information content (AvgIpc) is 2.93. The van der Waals surface area contributed by atoms with Crippen molar-refractivity contribution in [3.05, 3.63) is 70.5 Å². The lowest BCUT2D eigenvalue weighted by Gasteiger charge is -2.25. The number of aromatic nitrogens is 1. The van der Waals surface area contributed by atoms with Gasteiger partial charge in [-0.1, -0.05) is 11.6 Å². The number of benzene rings is 1. The van der Waals surface area contributed by atoms with Crippen LogP contribution in [0.3, 0.4) is 0 Å². The standard InChI is InChI=1S/C21H22ClN3O3/c1-24(2)12-3-13-25-18(14-8-10-23-11-9-14)17(20(27)21(25)28)19(26)15-4-6-16(22)7-5-15/h4-11,18,26H,3,12-13H2,1-2H3/t18-/m0/s1. The van der Waals surface area contributed by atoms with Gasteiger partial charge >= 0.3 is 0 Å². The number of aliphatic hydroxyl groups excluding tert-OH is 1. The molecule has 0 spiro atoms. The fourth-order valence-corrected chi connectivity index (χ4v) is 3.45. The normalized spacial score (nSPS) is 18.9. The number of ketones is 1. The van der Waals surface area contributed by atoms with Crippen molar-refractivity contribution in [2.45, 2.75) is 12.5 Å². The molecule has 0 radical (unpaired) electrons. The number of likely N-dealkylation sites (tertiary alicyclic amines) is 1.